The van der Waals surface area contributed by atoms with Gasteiger partial charge in [-0.15, -0.1) is 0 Å². The fourth-order valence-electron chi connectivity index (χ4n) is 2.57. The minimum atomic E-state index is -0.0738. The molecule has 1 aromatic rings. The van der Waals surface area contributed by atoms with Crippen molar-refractivity contribution in [2.45, 2.75) is 25.7 Å². The van der Waals surface area contributed by atoms with E-state index >= 15 is 0 Å². The molecule has 6 heteroatoms. The van der Waals surface area contributed by atoms with Gasteiger partial charge >= 0.3 is 117 Å². The van der Waals surface area contributed by atoms with Crippen LogP contribution in [0.2, 0.25) is 0 Å². The van der Waals surface area contributed by atoms with Crippen LogP contribution in [0.3, 0.4) is 0 Å². The van der Waals surface area contributed by atoms with E-state index in [4.69, 9.17) is 5.73 Å². The SMILES string of the molecule is NCC1(CC(=O)Nc2cccc3c2N=[Se]=N3)CCC1. The number of carbonyl (C=O) groups is 1. The maximum atomic E-state index is 12.1. The van der Waals surface area contributed by atoms with E-state index in [1.54, 1.807) is 0 Å². The van der Waals surface area contributed by atoms with E-state index in [1.165, 1.54) is 6.42 Å². The Morgan fingerprint density at radius 1 is 1.42 bits per heavy atom. The number of fused-ring (bicyclic) bond motifs is 1. The molecule has 0 bridgehead atoms. The zero-order valence-electron chi connectivity index (χ0n) is 10.6. The standard InChI is InChI=1S/C13H16N4OSe/c14-8-13(5-2-6-13)7-11(18)15-9-3-1-4-10-12(9)17-19-16-10/h1,3-4H,2,5-8,14H2,(H,15,18). The molecule has 1 saturated carbocycles. The van der Waals surface area contributed by atoms with Crippen molar-refractivity contribution in [2.75, 3.05) is 11.9 Å². The number of hydrogen-bond acceptors (Lipinski definition) is 4. The molecule has 3 N–H and O–H groups in total. The Balaban J connectivity index is 1.71. The van der Waals surface area contributed by atoms with Crippen molar-refractivity contribution in [3.8, 4) is 0 Å². The molecule has 5 nitrogen and oxygen atoms in total. The second kappa shape index (κ2) is 5.04. The number of hydrogen-bond donors (Lipinski definition) is 2. The van der Waals surface area contributed by atoms with Crippen LogP contribution < -0.4 is 11.1 Å². The molecule has 19 heavy (non-hydrogen) atoms. The summed E-state index contributed by atoms with van der Waals surface area (Å²) in [7, 11) is 0. The number of nitrogens with two attached hydrogens (primary N) is 1. The average molecular weight is 323 g/mol. The molecular formula is C13H16N4OSe. The van der Waals surface area contributed by atoms with Gasteiger partial charge in [0.1, 0.15) is 0 Å². The summed E-state index contributed by atoms with van der Waals surface area (Å²) in [5.41, 5.74) is 8.31. The van der Waals surface area contributed by atoms with Gasteiger partial charge in [0.05, 0.1) is 0 Å². The van der Waals surface area contributed by atoms with Crippen molar-refractivity contribution in [3.05, 3.63) is 18.2 Å². The van der Waals surface area contributed by atoms with Crippen LogP contribution in [0.25, 0.3) is 0 Å². The number of amides is 1. The third kappa shape index (κ3) is 2.43. The Hall–Kier alpha value is -1.23. The monoisotopic (exact) mass is 324 g/mol. The summed E-state index contributed by atoms with van der Waals surface area (Å²) in [6.45, 7) is 0.593. The van der Waals surface area contributed by atoms with E-state index in [-0.39, 0.29) is 25.9 Å². The summed E-state index contributed by atoms with van der Waals surface area (Å²) in [6, 6.07) is 5.71. The third-order valence-corrected chi connectivity index (χ3v) is 5.08. The number of anilines is 1. The van der Waals surface area contributed by atoms with Gasteiger partial charge in [0.2, 0.25) is 0 Å². The summed E-state index contributed by atoms with van der Waals surface area (Å²) in [6.07, 6.45) is 3.82. The van der Waals surface area contributed by atoms with Crippen LogP contribution in [0.4, 0.5) is 17.1 Å². The first-order valence-corrected chi connectivity index (χ1v) is 7.97. The van der Waals surface area contributed by atoms with E-state index in [1.807, 2.05) is 18.2 Å². The summed E-state index contributed by atoms with van der Waals surface area (Å²) in [4.78, 5) is 12.1. The Morgan fingerprint density at radius 2 is 2.26 bits per heavy atom. The second-order valence-electron chi connectivity index (χ2n) is 5.22. The van der Waals surface area contributed by atoms with Gasteiger partial charge in [-0.3, -0.25) is 0 Å². The van der Waals surface area contributed by atoms with E-state index in [0.717, 1.165) is 29.9 Å². The quantitative estimate of drug-likeness (QED) is 0.848. The van der Waals surface area contributed by atoms with E-state index in [0.29, 0.717) is 13.0 Å². The zero-order chi connectivity index (χ0) is 13.3. The first-order chi connectivity index (χ1) is 9.22. The average Bonchev–Trinajstić information content (AvgIpc) is 2.83. The Morgan fingerprint density at radius 3 is 2.95 bits per heavy atom. The van der Waals surface area contributed by atoms with Gasteiger partial charge in [-0.05, 0) is 0 Å². The molecule has 2 aliphatic rings. The van der Waals surface area contributed by atoms with Crippen molar-refractivity contribution in [1.29, 1.82) is 0 Å². The minimum absolute atomic E-state index is 0.0352. The zero-order valence-corrected chi connectivity index (χ0v) is 12.3. The normalized spacial score (nSPS) is 18.4. The van der Waals surface area contributed by atoms with Gasteiger partial charge in [-0.1, -0.05) is 0 Å². The van der Waals surface area contributed by atoms with Crippen molar-refractivity contribution in [1.82, 2.24) is 0 Å². The number of carbonyl (C=O) groups excluding carboxylic acids is 1. The van der Waals surface area contributed by atoms with Crippen molar-refractivity contribution in [3.63, 3.8) is 0 Å². The Bertz CT molecular complexity index is 583. The van der Waals surface area contributed by atoms with Gasteiger partial charge in [-0.25, -0.2) is 0 Å². The van der Waals surface area contributed by atoms with Crippen molar-refractivity contribution < 1.29 is 4.79 Å². The van der Waals surface area contributed by atoms with Crippen molar-refractivity contribution >= 4 is 37.5 Å². The Labute approximate surface area is 117 Å². The molecule has 0 aromatic heterocycles. The van der Waals surface area contributed by atoms with Crippen LogP contribution in [-0.4, -0.2) is 27.0 Å². The molecule has 1 aliphatic carbocycles. The molecule has 100 valence electrons. The van der Waals surface area contributed by atoms with Crippen molar-refractivity contribution in [2.24, 2.45) is 19.1 Å². The molecule has 0 radical (unpaired) electrons. The third-order valence-electron chi connectivity index (χ3n) is 3.94. The van der Waals surface area contributed by atoms with Crippen LogP contribution in [0.5, 0.6) is 0 Å². The predicted octanol–water partition coefficient (Wildman–Crippen LogP) is 2.49. The number of nitrogens with zero attached hydrogens (tertiary/aromatic N) is 2. The molecule has 0 unspecified atom stereocenters. The summed E-state index contributed by atoms with van der Waals surface area (Å²) in [5.74, 6) is 0.0353. The first-order valence-electron chi connectivity index (χ1n) is 6.44. The van der Waals surface area contributed by atoms with E-state index in [2.05, 4.69) is 13.2 Å². The van der Waals surface area contributed by atoms with Gasteiger partial charge < -0.3 is 0 Å². The Kier molecular flexibility index (Phi) is 3.39. The molecule has 0 saturated heterocycles. The fraction of sp³-hybridized carbons (Fsp3) is 0.462. The van der Waals surface area contributed by atoms with Gasteiger partial charge in [-0.2, -0.15) is 0 Å². The maximum absolute atomic E-state index is 12.1. The number of nitrogens with one attached hydrogen (secondary N) is 1. The van der Waals surface area contributed by atoms with E-state index < -0.39 is 0 Å². The molecule has 0 spiro atoms. The van der Waals surface area contributed by atoms with Gasteiger partial charge in [0.25, 0.3) is 0 Å². The van der Waals surface area contributed by atoms with Gasteiger partial charge in [0, 0.05) is 0 Å². The number of benzene rings is 1. The summed E-state index contributed by atoms with van der Waals surface area (Å²) in [5, 5.41) is 2.96. The molecule has 1 amide bonds. The molecule has 3 rings (SSSR count). The van der Waals surface area contributed by atoms with Crippen LogP contribution in [-0.2, 0) is 4.79 Å². The summed E-state index contributed by atoms with van der Waals surface area (Å²) >= 11 is -0.0738. The predicted molar refractivity (Wildman–Crippen MR) is 75.0 cm³/mol. The first kappa shape index (κ1) is 12.8. The molecule has 0 atom stereocenters. The van der Waals surface area contributed by atoms with Crippen LogP contribution in [0.1, 0.15) is 25.7 Å². The van der Waals surface area contributed by atoms with Crippen LogP contribution in [0.15, 0.2) is 26.1 Å². The fourth-order valence-corrected chi connectivity index (χ4v) is 3.73. The summed E-state index contributed by atoms with van der Waals surface area (Å²) < 4.78 is 8.67. The second-order valence-corrected chi connectivity index (χ2v) is 6.33. The molecule has 1 aromatic carbocycles. The number of rotatable bonds is 4. The molecule has 1 heterocycles. The van der Waals surface area contributed by atoms with Crippen LogP contribution in [0, 0.1) is 5.41 Å². The molecule has 1 aliphatic heterocycles. The van der Waals surface area contributed by atoms with Crippen LogP contribution >= 0.6 is 0 Å². The topological polar surface area (TPSA) is 79.8 Å². The van der Waals surface area contributed by atoms with Gasteiger partial charge in [0.15, 0.2) is 0 Å². The van der Waals surface area contributed by atoms with E-state index in [9.17, 15) is 4.79 Å². The molecule has 1 fully saturated rings. The molecular weight excluding hydrogens is 307 g/mol.